The molecule has 0 radical (unpaired) electrons. The summed E-state index contributed by atoms with van der Waals surface area (Å²) in [7, 11) is 0. The van der Waals surface area contributed by atoms with E-state index in [0.29, 0.717) is 5.56 Å². The second-order valence-electron chi connectivity index (χ2n) is 2.53. The third-order valence-corrected chi connectivity index (χ3v) is 1.79. The minimum absolute atomic E-state index is 0.109. The fourth-order valence-corrected chi connectivity index (χ4v) is 1.12. The fourth-order valence-electron chi connectivity index (χ4n) is 1.12. The van der Waals surface area contributed by atoms with Crippen LogP contribution in [0.2, 0.25) is 0 Å². The van der Waals surface area contributed by atoms with Crippen LogP contribution in [0, 0.1) is 17.0 Å². The van der Waals surface area contributed by atoms with E-state index in [0.717, 1.165) is 5.56 Å². The van der Waals surface area contributed by atoms with Gasteiger partial charge in [-0.25, -0.2) is 0 Å². The topological polar surface area (TPSA) is 69.2 Å². The second kappa shape index (κ2) is 3.32. The van der Waals surface area contributed by atoms with Crippen molar-refractivity contribution in [3.8, 4) is 0 Å². The van der Waals surface area contributed by atoms with Gasteiger partial charge in [-0.15, -0.1) is 0 Å². The summed E-state index contributed by atoms with van der Waals surface area (Å²) in [5.74, 6) is 0. The number of nitrogens with two attached hydrogens (primary N) is 1. The Hall–Kier alpha value is -1.42. The number of rotatable bonds is 2. The van der Waals surface area contributed by atoms with E-state index in [1.807, 2.05) is 13.0 Å². The molecule has 4 nitrogen and oxygen atoms in total. The molecule has 0 aliphatic heterocycles. The van der Waals surface area contributed by atoms with Crippen molar-refractivity contribution in [3.63, 3.8) is 0 Å². The normalized spacial score (nSPS) is 9.83. The molecule has 2 N–H and O–H groups in total. The number of hydrogen-bond donors (Lipinski definition) is 1. The standard InChI is InChI=1S/C8H10N2O2/c1-6-3-2-4-8(10(11)12)7(6)5-9/h2-4H,5,9H2,1H3. The molecule has 0 aliphatic rings. The highest BCUT2D eigenvalue weighted by Gasteiger charge is 2.12. The van der Waals surface area contributed by atoms with Crippen LogP contribution >= 0.6 is 0 Å². The SMILES string of the molecule is Cc1cccc([N+](=O)[O-])c1CN. The lowest BCUT2D eigenvalue weighted by atomic mass is 10.1. The molecular weight excluding hydrogens is 156 g/mol. The molecule has 0 unspecified atom stereocenters. The number of nitrogens with zero attached hydrogens (tertiary/aromatic N) is 1. The molecule has 0 fully saturated rings. The molecule has 0 atom stereocenters. The quantitative estimate of drug-likeness (QED) is 0.532. The van der Waals surface area contributed by atoms with E-state index >= 15 is 0 Å². The summed E-state index contributed by atoms with van der Waals surface area (Å²) in [6, 6.07) is 4.94. The van der Waals surface area contributed by atoms with Crippen molar-refractivity contribution in [1.82, 2.24) is 0 Å². The Morgan fingerprint density at radius 3 is 2.67 bits per heavy atom. The second-order valence-corrected chi connectivity index (χ2v) is 2.53. The van der Waals surface area contributed by atoms with Gasteiger partial charge in [0, 0.05) is 18.2 Å². The largest absolute Gasteiger partial charge is 0.326 e. The monoisotopic (exact) mass is 166 g/mol. The summed E-state index contributed by atoms with van der Waals surface area (Å²) >= 11 is 0. The van der Waals surface area contributed by atoms with Gasteiger partial charge >= 0.3 is 0 Å². The average Bonchev–Trinajstić information content (AvgIpc) is 2.03. The highest BCUT2D eigenvalue weighted by molar-refractivity contribution is 5.44. The van der Waals surface area contributed by atoms with Crippen molar-refractivity contribution in [2.24, 2.45) is 5.73 Å². The lowest BCUT2D eigenvalue weighted by Crippen LogP contribution is -2.03. The Morgan fingerprint density at radius 1 is 1.58 bits per heavy atom. The van der Waals surface area contributed by atoms with Gasteiger partial charge in [-0.2, -0.15) is 0 Å². The maximum atomic E-state index is 10.5. The first-order chi connectivity index (χ1) is 5.66. The molecule has 1 rings (SSSR count). The highest BCUT2D eigenvalue weighted by atomic mass is 16.6. The third-order valence-electron chi connectivity index (χ3n) is 1.79. The number of aryl methyl sites for hydroxylation is 1. The molecule has 0 saturated heterocycles. The first-order valence-corrected chi connectivity index (χ1v) is 3.59. The zero-order valence-electron chi connectivity index (χ0n) is 6.78. The fraction of sp³-hybridized carbons (Fsp3) is 0.250. The number of hydrogen-bond acceptors (Lipinski definition) is 3. The van der Waals surface area contributed by atoms with Crippen molar-refractivity contribution < 1.29 is 4.92 Å². The summed E-state index contributed by atoms with van der Waals surface area (Å²) < 4.78 is 0. The Morgan fingerprint density at radius 2 is 2.25 bits per heavy atom. The van der Waals surface area contributed by atoms with Gasteiger partial charge in [0.2, 0.25) is 0 Å². The van der Waals surface area contributed by atoms with Crippen LogP contribution in [0.15, 0.2) is 18.2 Å². The molecule has 0 spiro atoms. The lowest BCUT2D eigenvalue weighted by Gasteiger charge is -2.02. The summed E-state index contributed by atoms with van der Waals surface area (Å²) in [6.07, 6.45) is 0. The molecule has 12 heavy (non-hydrogen) atoms. The Balaban J connectivity index is 3.27. The van der Waals surface area contributed by atoms with Gasteiger partial charge in [0.05, 0.1) is 4.92 Å². The summed E-state index contributed by atoms with van der Waals surface area (Å²) in [4.78, 5) is 10.1. The van der Waals surface area contributed by atoms with Gasteiger partial charge in [-0.05, 0) is 12.5 Å². The first-order valence-electron chi connectivity index (χ1n) is 3.59. The predicted molar refractivity (Wildman–Crippen MR) is 45.7 cm³/mol. The van der Waals surface area contributed by atoms with Crippen molar-refractivity contribution in [2.75, 3.05) is 0 Å². The predicted octanol–water partition coefficient (Wildman–Crippen LogP) is 1.36. The van der Waals surface area contributed by atoms with Gasteiger partial charge < -0.3 is 5.73 Å². The highest BCUT2D eigenvalue weighted by Crippen LogP contribution is 2.20. The van der Waals surface area contributed by atoms with Crippen LogP contribution in [0.3, 0.4) is 0 Å². The van der Waals surface area contributed by atoms with Crippen LogP contribution in [0.1, 0.15) is 11.1 Å². The van der Waals surface area contributed by atoms with Crippen molar-refractivity contribution in [1.29, 1.82) is 0 Å². The van der Waals surface area contributed by atoms with Gasteiger partial charge in [0.25, 0.3) is 5.69 Å². The average molecular weight is 166 g/mol. The molecule has 0 amide bonds. The van der Waals surface area contributed by atoms with Gasteiger partial charge in [-0.1, -0.05) is 12.1 Å². The van der Waals surface area contributed by atoms with Crippen molar-refractivity contribution >= 4 is 5.69 Å². The van der Waals surface area contributed by atoms with Gasteiger partial charge in [-0.3, -0.25) is 10.1 Å². The number of nitro groups is 1. The molecule has 64 valence electrons. The van der Waals surface area contributed by atoms with E-state index in [1.54, 1.807) is 6.07 Å². The van der Waals surface area contributed by atoms with Crippen LogP contribution in [0.5, 0.6) is 0 Å². The lowest BCUT2D eigenvalue weighted by molar-refractivity contribution is -0.385. The van der Waals surface area contributed by atoms with E-state index in [1.165, 1.54) is 6.07 Å². The van der Waals surface area contributed by atoms with E-state index in [2.05, 4.69) is 0 Å². The minimum Gasteiger partial charge on any atom is -0.326 e. The Bertz CT molecular complexity index is 310. The molecule has 0 aliphatic carbocycles. The van der Waals surface area contributed by atoms with Gasteiger partial charge in [0.1, 0.15) is 0 Å². The van der Waals surface area contributed by atoms with E-state index < -0.39 is 4.92 Å². The number of nitro benzene ring substituents is 1. The summed E-state index contributed by atoms with van der Waals surface area (Å²) in [5.41, 5.74) is 6.97. The molecule has 0 bridgehead atoms. The smallest absolute Gasteiger partial charge is 0.274 e. The van der Waals surface area contributed by atoms with Crippen molar-refractivity contribution in [3.05, 3.63) is 39.4 Å². The van der Waals surface area contributed by atoms with Crippen LogP contribution in [-0.4, -0.2) is 4.92 Å². The molecule has 0 saturated carbocycles. The Labute approximate surface area is 70.2 Å². The zero-order chi connectivity index (χ0) is 9.14. The molecular formula is C8H10N2O2. The summed E-state index contributed by atoms with van der Waals surface area (Å²) in [5, 5.41) is 10.5. The van der Waals surface area contributed by atoms with Crippen molar-refractivity contribution in [2.45, 2.75) is 13.5 Å². The molecule has 4 heteroatoms. The summed E-state index contributed by atoms with van der Waals surface area (Å²) in [6.45, 7) is 2.03. The maximum Gasteiger partial charge on any atom is 0.274 e. The van der Waals surface area contributed by atoms with E-state index in [9.17, 15) is 10.1 Å². The zero-order valence-corrected chi connectivity index (χ0v) is 6.78. The third kappa shape index (κ3) is 1.43. The van der Waals surface area contributed by atoms with Crippen LogP contribution < -0.4 is 5.73 Å². The number of benzene rings is 1. The minimum atomic E-state index is -0.408. The molecule has 0 aromatic heterocycles. The van der Waals surface area contributed by atoms with E-state index in [4.69, 9.17) is 5.73 Å². The van der Waals surface area contributed by atoms with Crippen LogP contribution in [-0.2, 0) is 6.54 Å². The Kier molecular flexibility index (Phi) is 2.40. The molecule has 1 aromatic carbocycles. The van der Waals surface area contributed by atoms with Crippen LogP contribution in [0.25, 0.3) is 0 Å². The molecule has 0 heterocycles. The molecule has 1 aromatic rings. The van der Waals surface area contributed by atoms with E-state index in [-0.39, 0.29) is 12.2 Å². The van der Waals surface area contributed by atoms with Gasteiger partial charge in [0.15, 0.2) is 0 Å². The van der Waals surface area contributed by atoms with Crippen LogP contribution in [0.4, 0.5) is 5.69 Å². The maximum absolute atomic E-state index is 10.5. The first kappa shape index (κ1) is 8.67.